The highest BCUT2D eigenvalue weighted by atomic mass is 32.2. The first-order valence-electron chi connectivity index (χ1n) is 8.00. The Labute approximate surface area is 160 Å². The lowest BCUT2D eigenvalue weighted by molar-refractivity contribution is 0.0955. The number of hydrazone groups is 1. The van der Waals surface area contributed by atoms with Crippen molar-refractivity contribution < 1.29 is 4.79 Å². The molecule has 0 bridgehead atoms. The summed E-state index contributed by atoms with van der Waals surface area (Å²) in [5.41, 5.74) is 5.11. The van der Waals surface area contributed by atoms with Crippen molar-refractivity contribution in [1.29, 1.82) is 0 Å². The van der Waals surface area contributed by atoms with E-state index < -0.39 is 0 Å². The third-order valence-electron chi connectivity index (χ3n) is 3.68. The number of nitrogens with one attached hydrogen (secondary N) is 1. The Morgan fingerprint density at radius 2 is 2.04 bits per heavy atom. The van der Waals surface area contributed by atoms with Gasteiger partial charge in [-0.05, 0) is 43.7 Å². The molecule has 0 fully saturated rings. The number of aryl methyl sites for hydroxylation is 2. The lowest BCUT2D eigenvalue weighted by Gasteiger charge is -2.04. The molecule has 0 aliphatic rings. The molecule has 0 spiro atoms. The highest BCUT2D eigenvalue weighted by molar-refractivity contribution is 7.98. The van der Waals surface area contributed by atoms with Crippen LogP contribution in [0.4, 0.5) is 0 Å². The van der Waals surface area contributed by atoms with E-state index in [1.807, 2.05) is 61.9 Å². The number of hydrogen-bond donors (Lipinski definition) is 1. The Bertz CT molecular complexity index is 927. The molecule has 0 saturated carbocycles. The van der Waals surface area contributed by atoms with Crippen molar-refractivity contribution in [2.75, 3.05) is 0 Å². The third-order valence-corrected chi connectivity index (χ3v) is 5.89. The smallest absolute Gasteiger partial charge is 0.271 e. The average Bonchev–Trinajstić information content (AvgIpc) is 3.26. The summed E-state index contributed by atoms with van der Waals surface area (Å²) < 4.78 is 1.88. The Balaban J connectivity index is 1.57. The molecule has 0 aliphatic carbocycles. The van der Waals surface area contributed by atoms with Gasteiger partial charge in [-0.25, -0.2) is 5.43 Å². The number of carbonyl (C=O) groups is 1. The summed E-state index contributed by atoms with van der Waals surface area (Å²) in [7, 11) is 1.91. The van der Waals surface area contributed by atoms with Gasteiger partial charge in [0.25, 0.3) is 5.91 Å². The number of carbonyl (C=O) groups excluding carboxylic acids is 1. The van der Waals surface area contributed by atoms with Gasteiger partial charge in [0.1, 0.15) is 6.33 Å². The van der Waals surface area contributed by atoms with Crippen molar-refractivity contribution in [2.24, 2.45) is 12.1 Å². The zero-order valence-electron chi connectivity index (χ0n) is 14.8. The van der Waals surface area contributed by atoms with E-state index in [1.54, 1.807) is 29.4 Å². The van der Waals surface area contributed by atoms with E-state index in [0.717, 1.165) is 27.1 Å². The minimum absolute atomic E-state index is 0.217. The summed E-state index contributed by atoms with van der Waals surface area (Å²) in [5, 5.41) is 13.0. The number of amides is 1. The van der Waals surface area contributed by atoms with Gasteiger partial charge in [0.2, 0.25) is 0 Å². The second-order valence-corrected chi connectivity index (χ2v) is 7.99. The molecule has 0 aliphatic heterocycles. The number of thioether (sulfide) groups is 1. The van der Waals surface area contributed by atoms with Gasteiger partial charge < -0.3 is 4.57 Å². The van der Waals surface area contributed by atoms with Crippen LogP contribution in [-0.4, -0.2) is 26.4 Å². The van der Waals surface area contributed by atoms with E-state index in [2.05, 4.69) is 20.7 Å². The van der Waals surface area contributed by atoms with Crippen LogP contribution in [0.3, 0.4) is 0 Å². The Morgan fingerprint density at radius 1 is 1.27 bits per heavy atom. The Morgan fingerprint density at radius 3 is 2.65 bits per heavy atom. The van der Waals surface area contributed by atoms with E-state index in [-0.39, 0.29) is 5.91 Å². The molecule has 3 rings (SSSR count). The standard InChI is InChI=1S/C18H19N5OS2/c1-12-4-9-16(26-12)13(2)20-21-17(24)15-7-5-14(6-8-15)10-25-18-22-19-11-23(18)3/h4-9,11H,10H2,1-3H3,(H,21,24)/b20-13-. The molecule has 0 atom stereocenters. The third kappa shape index (κ3) is 4.59. The molecule has 8 heteroatoms. The first-order valence-corrected chi connectivity index (χ1v) is 9.80. The summed E-state index contributed by atoms with van der Waals surface area (Å²) in [6.07, 6.45) is 1.68. The molecule has 0 unspecified atom stereocenters. The molecule has 1 amide bonds. The summed E-state index contributed by atoms with van der Waals surface area (Å²) >= 11 is 3.26. The molecule has 1 N–H and O–H groups in total. The molecule has 6 nitrogen and oxygen atoms in total. The van der Waals surface area contributed by atoms with E-state index in [9.17, 15) is 4.79 Å². The molecule has 134 valence electrons. The minimum atomic E-state index is -0.217. The van der Waals surface area contributed by atoms with Gasteiger partial charge >= 0.3 is 0 Å². The fraction of sp³-hybridized carbons (Fsp3) is 0.222. The van der Waals surface area contributed by atoms with Crippen LogP contribution in [0, 0.1) is 6.92 Å². The molecular formula is C18H19N5OS2. The molecular weight excluding hydrogens is 366 g/mol. The van der Waals surface area contributed by atoms with Crippen molar-refractivity contribution in [1.82, 2.24) is 20.2 Å². The minimum Gasteiger partial charge on any atom is -0.312 e. The first kappa shape index (κ1) is 18.3. The van der Waals surface area contributed by atoms with E-state index in [0.29, 0.717) is 5.56 Å². The number of rotatable bonds is 6. The molecule has 2 heterocycles. The monoisotopic (exact) mass is 385 g/mol. The molecule has 26 heavy (non-hydrogen) atoms. The van der Waals surface area contributed by atoms with E-state index >= 15 is 0 Å². The maximum Gasteiger partial charge on any atom is 0.271 e. The largest absolute Gasteiger partial charge is 0.312 e. The highest BCUT2D eigenvalue weighted by Crippen LogP contribution is 2.20. The summed E-state index contributed by atoms with van der Waals surface area (Å²) in [6, 6.07) is 11.5. The van der Waals surface area contributed by atoms with Crippen LogP contribution < -0.4 is 5.43 Å². The number of hydrogen-bond acceptors (Lipinski definition) is 6. The van der Waals surface area contributed by atoms with Crippen LogP contribution in [0.15, 0.2) is 53.0 Å². The fourth-order valence-electron chi connectivity index (χ4n) is 2.19. The van der Waals surface area contributed by atoms with Gasteiger partial charge in [0, 0.05) is 23.2 Å². The van der Waals surface area contributed by atoms with Gasteiger partial charge in [-0.3, -0.25) is 4.79 Å². The number of aromatic nitrogens is 3. The first-order chi connectivity index (χ1) is 12.5. The maximum absolute atomic E-state index is 12.2. The Hall–Kier alpha value is -2.45. The fourth-order valence-corrected chi connectivity index (χ4v) is 3.84. The molecule has 0 radical (unpaired) electrons. The molecule has 3 aromatic rings. The van der Waals surface area contributed by atoms with Crippen molar-refractivity contribution >= 4 is 34.7 Å². The van der Waals surface area contributed by atoms with E-state index in [1.165, 1.54) is 4.88 Å². The van der Waals surface area contributed by atoms with Crippen LogP contribution in [0.2, 0.25) is 0 Å². The maximum atomic E-state index is 12.2. The predicted octanol–water partition coefficient (Wildman–Crippen LogP) is 3.63. The molecule has 2 aromatic heterocycles. The second-order valence-electron chi connectivity index (χ2n) is 5.76. The summed E-state index contributed by atoms with van der Waals surface area (Å²) in [6.45, 7) is 3.93. The van der Waals surface area contributed by atoms with Crippen molar-refractivity contribution in [2.45, 2.75) is 24.8 Å². The van der Waals surface area contributed by atoms with Gasteiger partial charge in [0.15, 0.2) is 5.16 Å². The topological polar surface area (TPSA) is 72.2 Å². The molecule has 0 saturated heterocycles. The Kier molecular flexibility index (Phi) is 5.85. The highest BCUT2D eigenvalue weighted by Gasteiger charge is 2.07. The van der Waals surface area contributed by atoms with Gasteiger partial charge in [-0.1, -0.05) is 23.9 Å². The second kappa shape index (κ2) is 8.29. The van der Waals surface area contributed by atoms with Crippen LogP contribution in [0.25, 0.3) is 0 Å². The summed E-state index contributed by atoms with van der Waals surface area (Å²) in [4.78, 5) is 14.5. The van der Waals surface area contributed by atoms with Crippen molar-refractivity contribution in [3.05, 3.63) is 63.6 Å². The predicted molar refractivity (Wildman–Crippen MR) is 106 cm³/mol. The van der Waals surface area contributed by atoms with Crippen LogP contribution in [-0.2, 0) is 12.8 Å². The van der Waals surface area contributed by atoms with Gasteiger partial charge in [0.05, 0.1) is 10.6 Å². The number of thiophene rings is 1. The van der Waals surface area contributed by atoms with Crippen molar-refractivity contribution in [3.8, 4) is 0 Å². The zero-order valence-corrected chi connectivity index (χ0v) is 16.4. The average molecular weight is 386 g/mol. The summed E-state index contributed by atoms with van der Waals surface area (Å²) in [5.74, 6) is 0.550. The number of benzene rings is 1. The van der Waals surface area contributed by atoms with Gasteiger partial charge in [-0.2, -0.15) is 5.10 Å². The lowest BCUT2D eigenvalue weighted by atomic mass is 10.1. The normalized spacial score (nSPS) is 11.6. The van der Waals surface area contributed by atoms with Crippen LogP contribution in [0.1, 0.15) is 32.6 Å². The quantitative estimate of drug-likeness (QED) is 0.399. The van der Waals surface area contributed by atoms with E-state index in [4.69, 9.17) is 0 Å². The lowest BCUT2D eigenvalue weighted by Crippen LogP contribution is -2.19. The van der Waals surface area contributed by atoms with Crippen LogP contribution in [0.5, 0.6) is 0 Å². The van der Waals surface area contributed by atoms with Gasteiger partial charge in [-0.15, -0.1) is 21.5 Å². The van der Waals surface area contributed by atoms with Crippen molar-refractivity contribution in [3.63, 3.8) is 0 Å². The molecule has 1 aromatic carbocycles. The van der Waals surface area contributed by atoms with Crippen LogP contribution >= 0.6 is 23.1 Å². The SMILES string of the molecule is C/C(=N/NC(=O)c1ccc(CSc2nncn2C)cc1)c1ccc(C)s1. The zero-order chi connectivity index (χ0) is 18.5. The number of nitrogens with zero attached hydrogens (tertiary/aromatic N) is 4.